The zero-order valence-electron chi connectivity index (χ0n) is 12.9. The summed E-state index contributed by atoms with van der Waals surface area (Å²) < 4.78 is 13.3. The van der Waals surface area contributed by atoms with Gasteiger partial charge >= 0.3 is 0 Å². The number of hydrogen-bond acceptors (Lipinski definition) is 5. The highest BCUT2D eigenvalue weighted by molar-refractivity contribution is 5.82. The van der Waals surface area contributed by atoms with Crippen molar-refractivity contribution in [3.8, 4) is 0 Å². The summed E-state index contributed by atoms with van der Waals surface area (Å²) in [5, 5.41) is 6.92. The molecule has 0 fully saturated rings. The molecule has 4 aromatic rings. The number of hydrogen-bond donors (Lipinski definition) is 1. The summed E-state index contributed by atoms with van der Waals surface area (Å²) in [6.45, 7) is 1.87. The van der Waals surface area contributed by atoms with Crippen molar-refractivity contribution in [2.75, 3.05) is 0 Å². The van der Waals surface area contributed by atoms with Crippen LogP contribution < -0.4 is 10.9 Å². The Morgan fingerprint density at radius 1 is 1.25 bits per heavy atom. The number of carbonyl (C=O) groups excluding carboxylic acids is 1. The molecule has 122 valence electrons. The molecule has 0 atom stereocenters. The summed E-state index contributed by atoms with van der Waals surface area (Å²) in [5.41, 5.74) is 1.47. The Labute approximate surface area is 135 Å². The molecule has 4 rings (SSSR count). The standard InChI is InChI=1S/C16H14N4O4/c1-10-18-19(9-15(21)17-8-11-3-2-5-23-11)16(22)13-7-14-12(20(10)13)4-6-24-14/h2-7H,8-9H2,1H3,(H,17,21). The van der Waals surface area contributed by atoms with E-state index in [9.17, 15) is 9.59 Å². The lowest BCUT2D eigenvalue weighted by molar-refractivity contribution is -0.122. The molecule has 0 bridgehead atoms. The van der Waals surface area contributed by atoms with Crippen molar-refractivity contribution in [1.29, 1.82) is 0 Å². The Morgan fingerprint density at radius 2 is 2.12 bits per heavy atom. The fraction of sp³-hybridized carbons (Fsp3) is 0.188. The fourth-order valence-corrected chi connectivity index (χ4v) is 2.73. The molecular weight excluding hydrogens is 312 g/mol. The third-order valence-electron chi connectivity index (χ3n) is 3.80. The van der Waals surface area contributed by atoms with E-state index >= 15 is 0 Å². The summed E-state index contributed by atoms with van der Waals surface area (Å²) in [7, 11) is 0. The van der Waals surface area contributed by atoms with Gasteiger partial charge in [-0.3, -0.25) is 14.0 Å². The molecule has 4 heterocycles. The number of aryl methyl sites for hydroxylation is 1. The van der Waals surface area contributed by atoms with Crippen LogP contribution in [0.5, 0.6) is 0 Å². The molecule has 0 saturated carbocycles. The summed E-state index contributed by atoms with van der Waals surface area (Å²) in [4.78, 5) is 24.6. The van der Waals surface area contributed by atoms with Crippen LogP contribution >= 0.6 is 0 Å². The SMILES string of the molecule is Cc1nn(CC(=O)NCc2ccco2)c(=O)c2cc3occc3n12. The normalized spacial score (nSPS) is 11.4. The molecule has 4 aromatic heterocycles. The number of furan rings is 2. The topological polar surface area (TPSA) is 94.7 Å². The zero-order chi connectivity index (χ0) is 16.7. The molecule has 8 nitrogen and oxygen atoms in total. The number of amides is 1. The number of carbonyl (C=O) groups is 1. The van der Waals surface area contributed by atoms with E-state index in [0.29, 0.717) is 22.7 Å². The summed E-state index contributed by atoms with van der Waals surface area (Å²) >= 11 is 0. The minimum atomic E-state index is -0.347. The minimum absolute atomic E-state index is 0.163. The Hall–Kier alpha value is -3.29. The van der Waals surface area contributed by atoms with E-state index in [1.807, 2.05) is 0 Å². The Balaban J connectivity index is 1.63. The maximum Gasteiger partial charge on any atom is 0.291 e. The van der Waals surface area contributed by atoms with Crippen LogP contribution in [0, 0.1) is 6.92 Å². The maximum absolute atomic E-state index is 12.6. The van der Waals surface area contributed by atoms with Crippen molar-refractivity contribution in [2.45, 2.75) is 20.0 Å². The van der Waals surface area contributed by atoms with Crippen molar-refractivity contribution in [3.63, 3.8) is 0 Å². The molecule has 0 saturated heterocycles. The second kappa shape index (κ2) is 5.41. The van der Waals surface area contributed by atoms with Crippen LogP contribution in [0.2, 0.25) is 0 Å². The maximum atomic E-state index is 12.6. The molecule has 0 aliphatic heterocycles. The van der Waals surface area contributed by atoms with Crippen LogP contribution in [0.4, 0.5) is 0 Å². The highest BCUT2D eigenvalue weighted by Crippen LogP contribution is 2.19. The molecule has 1 N–H and O–H groups in total. The van der Waals surface area contributed by atoms with Gasteiger partial charge in [0.25, 0.3) is 5.56 Å². The highest BCUT2D eigenvalue weighted by Gasteiger charge is 2.15. The number of fused-ring (bicyclic) bond motifs is 3. The van der Waals surface area contributed by atoms with Crippen molar-refractivity contribution in [3.05, 3.63) is 58.7 Å². The van der Waals surface area contributed by atoms with E-state index in [2.05, 4.69) is 10.4 Å². The predicted molar refractivity (Wildman–Crippen MR) is 84.5 cm³/mol. The lowest BCUT2D eigenvalue weighted by Crippen LogP contribution is -2.34. The molecule has 1 amide bonds. The average molecular weight is 326 g/mol. The van der Waals surface area contributed by atoms with Crippen LogP contribution in [-0.4, -0.2) is 20.1 Å². The summed E-state index contributed by atoms with van der Waals surface area (Å²) in [5.74, 6) is 0.919. The number of rotatable bonds is 4. The first-order valence-electron chi connectivity index (χ1n) is 7.39. The van der Waals surface area contributed by atoms with Gasteiger partial charge in [0.2, 0.25) is 5.91 Å². The van der Waals surface area contributed by atoms with Gasteiger partial charge in [-0.15, -0.1) is 0 Å². The van der Waals surface area contributed by atoms with Gasteiger partial charge in [0.1, 0.15) is 23.6 Å². The average Bonchev–Trinajstić information content (AvgIpc) is 3.26. The van der Waals surface area contributed by atoms with Gasteiger partial charge in [-0.1, -0.05) is 0 Å². The van der Waals surface area contributed by atoms with Gasteiger partial charge in [-0.05, 0) is 19.1 Å². The molecule has 0 radical (unpaired) electrons. The van der Waals surface area contributed by atoms with Crippen molar-refractivity contribution >= 4 is 22.5 Å². The van der Waals surface area contributed by atoms with Gasteiger partial charge in [-0.25, -0.2) is 4.68 Å². The monoisotopic (exact) mass is 326 g/mol. The Morgan fingerprint density at radius 3 is 2.92 bits per heavy atom. The van der Waals surface area contributed by atoms with Gasteiger partial charge in [-0.2, -0.15) is 5.10 Å². The molecule has 0 spiro atoms. The first-order valence-corrected chi connectivity index (χ1v) is 7.39. The molecular formula is C16H14N4O4. The van der Waals surface area contributed by atoms with Gasteiger partial charge in [0, 0.05) is 12.1 Å². The third-order valence-corrected chi connectivity index (χ3v) is 3.80. The minimum Gasteiger partial charge on any atom is -0.467 e. The lowest BCUT2D eigenvalue weighted by Gasteiger charge is -2.08. The Bertz CT molecular complexity index is 1080. The van der Waals surface area contributed by atoms with Crippen LogP contribution in [-0.2, 0) is 17.9 Å². The number of nitrogens with one attached hydrogen (secondary N) is 1. The molecule has 0 aliphatic rings. The van der Waals surface area contributed by atoms with Gasteiger partial charge < -0.3 is 14.2 Å². The zero-order valence-corrected chi connectivity index (χ0v) is 12.9. The second-order valence-electron chi connectivity index (χ2n) is 5.40. The third kappa shape index (κ3) is 2.28. The highest BCUT2D eigenvalue weighted by atomic mass is 16.3. The Kier molecular flexibility index (Phi) is 3.23. The summed E-state index contributed by atoms with van der Waals surface area (Å²) in [6, 6.07) is 6.93. The van der Waals surface area contributed by atoms with Crippen LogP contribution in [0.3, 0.4) is 0 Å². The van der Waals surface area contributed by atoms with Crippen molar-refractivity contribution < 1.29 is 13.6 Å². The van der Waals surface area contributed by atoms with E-state index in [-0.39, 0.29) is 24.6 Å². The van der Waals surface area contributed by atoms with Crippen LogP contribution in [0.25, 0.3) is 16.6 Å². The lowest BCUT2D eigenvalue weighted by atomic mass is 10.4. The largest absolute Gasteiger partial charge is 0.467 e. The fourth-order valence-electron chi connectivity index (χ4n) is 2.73. The van der Waals surface area contributed by atoms with E-state index in [0.717, 1.165) is 10.2 Å². The van der Waals surface area contributed by atoms with Crippen molar-refractivity contribution in [1.82, 2.24) is 19.5 Å². The van der Waals surface area contributed by atoms with E-state index in [1.165, 1.54) is 6.26 Å². The van der Waals surface area contributed by atoms with Gasteiger partial charge in [0.05, 0.1) is 24.6 Å². The first kappa shape index (κ1) is 14.3. The number of nitrogens with zero attached hydrogens (tertiary/aromatic N) is 3. The van der Waals surface area contributed by atoms with Crippen LogP contribution in [0.1, 0.15) is 11.6 Å². The smallest absolute Gasteiger partial charge is 0.291 e. The van der Waals surface area contributed by atoms with Crippen molar-refractivity contribution in [2.24, 2.45) is 0 Å². The van der Waals surface area contributed by atoms with Gasteiger partial charge in [0.15, 0.2) is 5.58 Å². The first-order chi connectivity index (χ1) is 11.6. The molecule has 0 aromatic carbocycles. The second-order valence-corrected chi connectivity index (χ2v) is 5.40. The van der Waals surface area contributed by atoms with E-state index in [4.69, 9.17) is 8.83 Å². The molecule has 24 heavy (non-hydrogen) atoms. The summed E-state index contributed by atoms with van der Waals surface area (Å²) in [6.07, 6.45) is 3.09. The number of aromatic nitrogens is 3. The molecule has 0 unspecified atom stereocenters. The van der Waals surface area contributed by atoms with E-state index < -0.39 is 0 Å². The van der Waals surface area contributed by atoms with Crippen LogP contribution in [0.15, 0.2) is 50.4 Å². The quantitative estimate of drug-likeness (QED) is 0.612. The van der Waals surface area contributed by atoms with E-state index in [1.54, 1.807) is 41.9 Å². The predicted octanol–water partition coefficient (Wildman–Crippen LogP) is 1.46. The molecule has 8 heteroatoms. The molecule has 0 aliphatic carbocycles.